The molecule has 25 heavy (non-hydrogen) atoms. The van der Waals surface area contributed by atoms with Crippen LogP contribution in [-0.4, -0.2) is 30.6 Å². The molecule has 128 valence electrons. The average molecular weight is 338 g/mol. The van der Waals surface area contributed by atoms with E-state index < -0.39 is 6.10 Å². The standard InChI is InChI=1S/C19H18N2O4/c22-18(20-13-8-9-13)12-4-3-5-14(10-12)21-19(23)17-11-24-15-6-1-2-7-16(15)25-17/h1-7,10,13,17H,8-9,11H2,(H,20,22)(H,21,23)/t17-/m1/s1. The molecule has 0 radical (unpaired) electrons. The highest BCUT2D eigenvalue weighted by Crippen LogP contribution is 2.31. The number of benzene rings is 2. The Labute approximate surface area is 145 Å². The summed E-state index contributed by atoms with van der Waals surface area (Å²) < 4.78 is 11.2. The third-order valence-electron chi connectivity index (χ3n) is 4.11. The number of anilines is 1. The average Bonchev–Trinajstić information content (AvgIpc) is 3.45. The van der Waals surface area contributed by atoms with E-state index in [1.54, 1.807) is 36.4 Å². The van der Waals surface area contributed by atoms with Crippen molar-refractivity contribution in [1.82, 2.24) is 5.32 Å². The number of para-hydroxylation sites is 2. The lowest BCUT2D eigenvalue weighted by Crippen LogP contribution is -2.40. The molecule has 2 aromatic carbocycles. The molecule has 0 bridgehead atoms. The third-order valence-corrected chi connectivity index (χ3v) is 4.11. The van der Waals surface area contributed by atoms with E-state index in [-0.39, 0.29) is 18.4 Å². The Hall–Kier alpha value is -3.02. The van der Waals surface area contributed by atoms with E-state index in [1.165, 1.54) is 0 Å². The van der Waals surface area contributed by atoms with Gasteiger partial charge in [0.15, 0.2) is 11.5 Å². The SMILES string of the molecule is O=C(NC1CC1)c1cccc(NC(=O)[C@H]2COc3ccccc3O2)c1. The van der Waals surface area contributed by atoms with Crippen LogP contribution in [0.15, 0.2) is 48.5 Å². The Morgan fingerprint density at radius 3 is 2.60 bits per heavy atom. The first-order valence-electron chi connectivity index (χ1n) is 8.29. The predicted octanol–water partition coefficient (Wildman–Crippen LogP) is 2.36. The fourth-order valence-corrected chi connectivity index (χ4v) is 2.61. The molecule has 1 aliphatic carbocycles. The van der Waals surface area contributed by atoms with Crippen LogP contribution in [0.2, 0.25) is 0 Å². The number of carbonyl (C=O) groups excluding carboxylic acids is 2. The van der Waals surface area contributed by atoms with E-state index in [2.05, 4.69) is 10.6 Å². The highest BCUT2D eigenvalue weighted by atomic mass is 16.6. The lowest BCUT2D eigenvalue weighted by atomic mass is 10.1. The zero-order valence-corrected chi connectivity index (χ0v) is 13.5. The highest BCUT2D eigenvalue weighted by molar-refractivity contribution is 5.98. The van der Waals surface area contributed by atoms with E-state index in [0.717, 1.165) is 12.8 Å². The second-order valence-corrected chi connectivity index (χ2v) is 6.18. The molecule has 1 aliphatic heterocycles. The van der Waals surface area contributed by atoms with Crippen LogP contribution >= 0.6 is 0 Å². The number of amides is 2. The molecule has 2 amide bonds. The number of ether oxygens (including phenoxy) is 2. The van der Waals surface area contributed by atoms with Crippen LogP contribution in [-0.2, 0) is 4.79 Å². The molecular weight excluding hydrogens is 320 g/mol. The molecule has 1 heterocycles. The summed E-state index contributed by atoms with van der Waals surface area (Å²) in [6.45, 7) is 0.144. The predicted molar refractivity (Wildman–Crippen MR) is 91.9 cm³/mol. The van der Waals surface area contributed by atoms with Crippen LogP contribution in [0.3, 0.4) is 0 Å². The zero-order chi connectivity index (χ0) is 17.2. The molecule has 6 nitrogen and oxygen atoms in total. The van der Waals surface area contributed by atoms with Gasteiger partial charge in [0.05, 0.1) is 0 Å². The van der Waals surface area contributed by atoms with Gasteiger partial charge in [-0.15, -0.1) is 0 Å². The van der Waals surface area contributed by atoms with Crippen LogP contribution in [0.25, 0.3) is 0 Å². The van der Waals surface area contributed by atoms with Crippen molar-refractivity contribution in [3.63, 3.8) is 0 Å². The Balaban J connectivity index is 1.42. The summed E-state index contributed by atoms with van der Waals surface area (Å²) >= 11 is 0. The van der Waals surface area contributed by atoms with Gasteiger partial charge >= 0.3 is 0 Å². The first-order chi connectivity index (χ1) is 12.2. The Kier molecular flexibility index (Phi) is 4.01. The van der Waals surface area contributed by atoms with Gasteiger partial charge in [-0.05, 0) is 43.2 Å². The first kappa shape index (κ1) is 15.5. The van der Waals surface area contributed by atoms with Crippen LogP contribution < -0.4 is 20.1 Å². The van der Waals surface area contributed by atoms with Crippen molar-refractivity contribution in [3.8, 4) is 11.5 Å². The topological polar surface area (TPSA) is 76.7 Å². The van der Waals surface area contributed by atoms with Crippen molar-refractivity contribution in [1.29, 1.82) is 0 Å². The van der Waals surface area contributed by atoms with E-state index >= 15 is 0 Å². The molecule has 0 unspecified atom stereocenters. The lowest BCUT2D eigenvalue weighted by Gasteiger charge is -2.25. The first-order valence-corrected chi connectivity index (χ1v) is 8.29. The quantitative estimate of drug-likeness (QED) is 0.897. The Bertz CT molecular complexity index is 817. The van der Waals surface area contributed by atoms with E-state index in [4.69, 9.17) is 9.47 Å². The molecule has 0 saturated heterocycles. The molecule has 2 aromatic rings. The minimum Gasteiger partial charge on any atom is -0.485 e. The minimum absolute atomic E-state index is 0.121. The monoisotopic (exact) mass is 338 g/mol. The van der Waals surface area contributed by atoms with Crippen LogP contribution in [0, 0.1) is 0 Å². The van der Waals surface area contributed by atoms with Gasteiger partial charge in [-0.25, -0.2) is 0 Å². The van der Waals surface area contributed by atoms with Gasteiger partial charge in [-0.2, -0.15) is 0 Å². The number of hydrogen-bond acceptors (Lipinski definition) is 4. The van der Waals surface area contributed by atoms with Crippen LogP contribution in [0.5, 0.6) is 11.5 Å². The molecular formula is C19H18N2O4. The second kappa shape index (κ2) is 6.47. The van der Waals surface area contributed by atoms with Crippen LogP contribution in [0.1, 0.15) is 23.2 Å². The van der Waals surface area contributed by atoms with Gasteiger partial charge < -0.3 is 20.1 Å². The van der Waals surface area contributed by atoms with Crippen molar-refractivity contribution in [2.45, 2.75) is 25.0 Å². The van der Waals surface area contributed by atoms with Gasteiger partial charge in [-0.3, -0.25) is 9.59 Å². The fraction of sp³-hybridized carbons (Fsp3) is 0.263. The zero-order valence-electron chi connectivity index (χ0n) is 13.5. The summed E-state index contributed by atoms with van der Waals surface area (Å²) in [5, 5.41) is 5.71. The summed E-state index contributed by atoms with van der Waals surface area (Å²) in [5.74, 6) is 0.746. The summed E-state index contributed by atoms with van der Waals surface area (Å²) in [6.07, 6.45) is 1.32. The van der Waals surface area contributed by atoms with Crippen molar-refractivity contribution in [2.24, 2.45) is 0 Å². The summed E-state index contributed by atoms with van der Waals surface area (Å²) in [5.41, 5.74) is 1.08. The number of nitrogens with one attached hydrogen (secondary N) is 2. The maximum atomic E-state index is 12.4. The number of fused-ring (bicyclic) bond motifs is 1. The molecule has 0 spiro atoms. The van der Waals surface area contributed by atoms with Crippen molar-refractivity contribution < 1.29 is 19.1 Å². The van der Waals surface area contributed by atoms with Crippen LogP contribution in [0.4, 0.5) is 5.69 Å². The fourth-order valence-electron chi connectivity index (χ4n) is 2.61. The summed E-state index contributed by atoms with van der Waals surface area (Å²) in [7, 11) is 0. The molecule has 0 aromatic heterocycles. The Morgan fingerprint density at radius 2 is 1.80 bits per heavy atom. The van der Waals surface area contributed by atoms with Gasteiger partial charge in [0.2, 0.25) is 6.10 Å². The number of rotatable bonds is 4. The molecule has 2 N–H and O–H groups in total. The molecule has 1 fully saturated rings. The number of hydrogen-bond donors (Lipinski definition) is 2. The minimum atomic E-state index is -0.737. The molecule has 1 atom stereocenters. The molecule has 1 saturated carbocycles. The van der Waals surface area contributed by atoms with Gasteiger partial charge in [0.1, 0.15) is 6.61 Å². The molecule has 6 heteroatoms. The van der Waals surface area contributed by atoms with Crippen molar-refractivity contribution in [3.05, 3.63) is 54.1 Å². The van der Waals surface area contributed by atoms with Gasteiger partial charge in [0.25, 0.3) is 11.8 Å². The molecule has 2 aliphatic rings. The third kappa shape index (κ3) is 3.57. The second-order valence-electron chi connectivity index (χ2n) is 6.18. The lowest BCUT2D eigenvalue weighted by molar-refractivity contribution is -0.125. The normalized spacial score (nSPS) is 18.3. The summed E-state index contributed by atoms with van der Waals surface area (Å²) in [4.78, 5) is 24.5. The number of carbonyl (C=O) groups is 2. The smallest absolute Gasteiger partial charge is 0.269 e. The maximum absolute atomic E-state index is 12.4. The molecule has 4 rings (SSSR count). The Morgan fingerprint density at radius 1 is 1.00 bits per heavy atom. The van der Waals surface area contributed by atoms with Crippen molar-refractivity contribution in [2.75, 3.05) is 11.9 Å². The van der Waals surface area contributed by atoms with Gasteiger partial charge in [0, 0.05) is 17.3 Å². The van der Waals surface area contributed by atoms with E-state index in [9.17, 15) is 9.59 Å². The maximum Gasteiger partial charge on any atom is 0.269 e. The largest absolute Gasteiger partial charge is 0.485 e. The highest BCUT2D eigenvalue weighted by Gasteiger charge is 2.28. The summed E-state index contributed by atoms with van der Waals surface area (Å²) in [6, 6.07) is 14.4. The van der Waals surface area contributed by atoms with Gasteiger partial charge in [-0.1, -0.05) is 18.2 Å². The van der Waals surface area contributed by atoms with E-state index in [0.29, 0.717) is 28.8 Å². The van der Waals surface area contributed by atoms with E-state index in [1.807, 2.05) is 12.1 Å². The van der Waals surface area contributed by atoms with Crippen molar-refractivity contribution >= 4 is 17.5 Å².